The van der Waals surface area contributed by atoms with Crippen LogP contribution in [0.2, 0.25) is 0 Å². The zero-order valence-electron chi connectivity index (χ0n) is 17.3. The molecule has 1 aliphatic rings. The van der Waals surface area contributed by atoms with Crippen molar-refractivity contribution in [1.29, 1.82) is 0 Å². The van der Waals surface area contributed by atoms with Crippen LogP contribution in [0.3, 0.4) is 0 Å². The second-order valence-corrected chi connectivity index (χ2v) is 7.45. The van der Waals surface area contributed by atoms with Gasteiger partial charge in [-0.15, -0.1) is 0 Å². The Balaban J connectivity index is 1.51. The van der Waals surface area contributed by atoms with Gasteiger partial charge < -0.3 is 19.5 Å². The number of hydrogen-bond acceptors (Lipinski definition) is 5. The van der Waals surface area contributed by atoms with Crippen LogP contribution in [-0.4, -0.2) is 33.9 Å². The number of hydrogen-bond donors (Lipinski definition) is 1. The Hall–Kier alpha value is -3.61. The van der Waals surface area contributed by atoms with Crippen LogP contribution in [0.15, 0.2) is 66.1 Å². The number of amides is 1. The highest BCUT2D eigenvalue weighted by Crippen LogP contribution is 2.31. The molecule has 0 unspecified atom stereocenters. The van der Waals surface area contributed by atoms with E-state index in [1.165, 1.54) is 0 Å². The molecule has 0 radical (unpaired) electrons. The lowest BCUT2D eigenvalue weighted by molar-refractivity contribution is -0.135. The molecule has 1 amide bonds. The summed E-state index contributed by atoms with van der Waals surface area (Å²) in [5.74, 6) is 1.37. The lowest BCUT2D eigenvalue weighted by atomic mass is 9.94. The van der Waals surface area contributed by atoms with Crippen LogP contribution in [-0.2, 0) is 16.2 Å². The average Bonchev–Trinajstić information content (AvgIpc) is 3.36. The maximum Gasteiger partial charge on any atom is 0.271 e. The number of para-hydroxylation sites is 2. The summed E-state index contributed by atoms with van der Waals surface area (Å²) >= 11 is 0. The molecule has 1 aliphatic heterocycles. The fraction of sp³-hybridized carbons (Fsp3) is 0.261. The Bertz CT molecular complexity index is 1110. The van der Waals surface area contributed by atoms with Gasteiger partial charge in [0.05, 0.1) is 19.4 Å². The number of nitrogens with one attached hydrogen (secondary N) is 1. The van der Waals surface area contributed by atoms with Crippen molar-refractivity contribution in [2.45, 2.75) is 32.4 Å². The molecule has 7 heteroatoms. The first-order valence-corrected chi connectivity index (χ1v) is 9.76. The third-order valence-corrected chi connectivity index (χ3v) is 5.29. The molecule has 0 bridgehead atoms. The quantitative estimate of drug-likeness (QED) is 0.678. The molecular formula is C23H24N4O3. The SMILES string of the molecule is COc1ccccc1C1=NO[C@@](C)(C(=O)Nc2ccccc2Cn2ccnc2C)C1. The Kier molecular flexibility index (Phi) is 5.27. The molecular weight excluding hydrogens is 380 g/mol. The van der Waals surface area contributed by atoms with Gasteiger partial charge in [-0.05, 0) is 37.6 Å². The van der Waals surface area contributed by atoms with Crippen molar-refractivity contribution in [3.05, 3.63) is 77.9 Å². The topological polar surface area (TPSA) is 77.7 Å². The minimum absolute atomic E-state index is 0.244. The van der Waals surface area contributed by atoms with Gasteiger partial charge in [-0.1, -0.05) is 35.5 Å². The number of nitrogens with zero attached hydrogens (tertiary/aromatic N) is 3. The van der Waals surface area contributed by atoms with Crippen molar-refractivity contribution < 1.29 is 14.4 Å². The van der Waals surface area contributed by atoms with Crippen molar-refractivity contribution in [3.63, 3.8) is 0 Å². The number of anilines is 1. The van der Waals surface area contributed by atoms with Gasteiger partial charge in [-0.2, -0.15) is 0 Å². The Labute approximate surface area is 175 Å². The molecule has 1 aromatic heterocycles. The van der Waals surface area contributed by atoms with Gasteiger partial charge in [0.25, 0.3) is 5.91 Å². The summed E-state index contributed by atoms with van der Waals surface area (Å²) in [6, 6.07) is 15.3. The van der Waals surface area contributed by atoms with Gasteiger partial charge in [-0.3, -0.25) is 4.79 Å². The van der Waals surface area contributed by atoms with Crippen LogP contribution in [0.25, 0.3) is 0 Å². The summed E-state index contributed by atoms with van der Waals surface area (Å²) in [6.07, 6.45) is 4.03. The van der Waals surface area contributed by atoms with E-state index < -0.39 is 5.60 Å². The van der Waals surface area contributed by atoms with Crippen LogP contribution in [0, 0.1) is 6.92 Å². The van der Waals surface area contributed by atoms with Crippen molar-refractivity contribution in [1.82, 2.24) is 9.55 Å². The minimum Gasteiger partial charge on any atom is -0.496 e. The summed E-state index contributed by atoms with van der Waals surface area (Å²) in [4.78, 5) is 23.0. The van der Waals surface area contributed by atoms with Crippen molar-refractivity contribution in [2.75, 3.05) is 12.4 Å². The summed E-state index contributed by atoms with van der Waals surface area (Å²) in [5, 5.41) is 7.21. The fourth-order valence-electron chi connectivity index (χ4n) is 3.48. The molecule has 2 heterocycles. The smallest absolute Gasteiger partial charge is 0.271 e. The predicted molar refractivity (Wildman–Crippen MR) is 115 cm³/mol. The van der Waals surface area contributed by atoms with E-state index in [2.05, 4.69) is 15.5 Å². The molecule has 0 saturated carbocycles. The zero-order chi connectivity index (χ0) is 21.1. The fourth-order valence-corrected chi connectivity index (χ4v) is 3.48. The molecule has 7 nitrogen and oxygen atoms in total. The third kappa shape index (κ3) is 3.78. The third-order valence-electron chi connectivity index (χ3n) is 5.29. The van der Waals surface area contributed by atoms with Crippen LogP contribution in [0.1, 0.15) is 30.3 Å². The normalized spacial score (nSPS) is 17.9. The highest BCUT2D eigenvalue weighted by Gasteiger charge is 2.43. The first-order valence-electron chi connectivity index (χ1n) is 9.76. The standard InChI is InChI=1S/C23H24N4O3/c1-16-24-12-13-27(16)15-17-8-4-6-10-19(17)25-22(28)23(2)14-20(26-30-23)18-9-5-7-11-21(18)29-3/h4-13H,14-15H2,1-3H3,(H,25,28)/t23-/m1/s1. The number of aryl methyl sites for hydroxylation is 1. The van der Waals surface area contributed by atoms with E-state index in [1.54, 1.807) is 20.2 Å². The van der Waals surface area contributed by atoms with Gasteiger partial charge in [-0.25, -0.2) is 4.98 Å². The molecule has 4 rings (SSSR count). The molecule has 1 N–H and O–H groups in total. The lowest BCUT2D eigenvalue weighted by Gasteiger charge is -2.22. The number of carbonyl (C=O) groups excluding carboxylic acids is 1. The monoisotopic (exact) mass is 404 g/mol. The maximum atomic E-state index is 13.1. The van der Waals surface area contributed by atoms with Crippen molar-refractivity contribution >= 4 is 17.3 Å². The second-order valence-electron chi connectivity index (χ2n) is 7.45. The van der Waals surface area contributed by atoms with Crippen molar-refractivity contribution in [3.8, 4) is 5.75 Å². The summed E-state index contributed by atoms with van der Waals surface area (Å²) in [5.41, 5.74) is 2.14. The number of methoxy groups -OCH3 is 1. The first-order chi connectivity index (χ1) is 14.5. The average molecular weight is 404 g/mol. The molecule has 1 atom stereocenters. The summed E-state index contributed by atoms with van der Waals surface area (Å²) < 4.78 is 7.44. The molecule has 0 spiro atoms. The molecule has 0 saturated heterocycles. The number of imidazole rings is 1. The summed E-state index contributed by atoms with van der Waals surface area (Å²) in [6.45, 7) is 4.31. The van der Waals surface area contributed by atoms with E-state index in [0.717, 1.165) is 22.6 Å². The van der Waals surface area contributed by atoms with E-state index in [9.17, 15) is 4.79 Å². The van der Waals surface area contributed by atoms with Gasteiger partial charge >= 0.3 is 0 Å². The molecule has 3 aromatic rings. The Morgan fingerprint density at radius 1 is 1.23 bits per heavy atom. The Morgan fingerprint density at radius 3 is 2.77 bits per heavy atom. The van der Waals surface area contributed by atoms with E-state index in [4.69, 9.17) is 9.57 Å². The van der Waals surface area contributed by atoms with Crippen LogP contribution >= 0.6 is 0 Å². The molecule has 30 heavy (non-hydrogen) atoms. The van der Waals surface area contributed by atoms with Crippen LogP contribution < -0.4 is 10.1 Å². The van der Waals surface area contributed by atoms with E-state index in [1.807, 2.05) is 66.2 Å². The minimum atomic E-state index is -1.10. The molecule has 0 fully saturated rings. The zero-order valence-corrected chi connectivity index (χ0v) is 17.3. The van der Waals surface area contributed by atoms with Gasteiger partial charge in [0.2, 0.25) is 5.60 Å². The molecule has 154 valence electrons. The number of aromatic nitrogens is 2. The maximum absolute atomic E-state index is 13.1. The molecule has 0 aliphatic carbocycles. The number of carbonyl (C=O) groups is 1. The Morgan fingerprint density at radius 2 is 2.00 bits per heavy atom. The molecule has 2 aromatic carbocycles. The predicted octanol–water partition coefficient (Wildman–Crippen LogP) is 3.77. The summed E-state index contributed by atoms with van der Waals surface area (Å²) in [7, 11) is 1.61. The number of benzene rings is 2. The van der Waals surface area contributed by atoms with Gasteiger partial charge in [0, 0.05) is 30.1 Å². The van der Waals surface area contributed by atoms with E-state index in [0.29, 0.717) is 24.4 Å². The number of ether oxygens (including phenoxy) is 1. The highest BCUT2D eigenvalue weighted by molar-refractivity contribution is 6.09. The number of rotatable bonds is 6. The number of oxime groups is 1. The van der Waals surface area contributed by atoms with Crippen molar-refractivity contribution in [2.24, 2.45) is 5.16 Å². The van der Waals surface area contributed by atoms with Crippen LogP contribution in [0.5, 0.6) is 5.75 Å². The largest absolute Gasteiger partial charge is 0.496 e. The van der Waals surface area contributed by atoms with E-state index in [-0.39, 0.29) is 5.91 Å². The van der Waals surface area contributed by atoms with Gasteiger partial charge in [0.1, 0.15) is 11.6 Å². The second kappa shape index (κ2) is 8.02. The van der Waals surface area contributed by atoms with Crippen LogP contribution in [0.4, 0.5) is 5.69 Å². The van der Waals surface area contributed by atoms with Gasteiger partial charge in [0.15, 0.2) is 0 Å². The first kappa shape index (κ1) is 19.7. The lowest BCUT2D eigenvalue weighted by Crippen LogP contribution is -2.40. The highest BCUT2D eigenvalue weighted by atomic mass is 16.7. The van der Waals surface area contributed by atoms with E-state index >= 15 is 0 Å².